The highest BCUT2D eigenvalue weighted by Crippen LogP contribution is 2.35. The number of methoxy groups -OCH3 is 1. The molecule has 0 fully saturated rings. The third-order valence-electron chi connectivity index (χ3n) is 2.96. The van der Waals surface area contributed by atoms with Crippen LogP contribution in [0.4, 0.5) is 16.3 Å². The van der Waals surface area contributed by atoms with E-state index in [9.17, 15) is 9.59 Å². The Bertz CT molecular complexity index is 727. The summed E-state index contributed by atoms with van der Waals surface area (Å²) >= 11 is 1.30. The van der Waals surface area contributed by atoms with Crippen LogP contribution in [0, 0.1) is 6.92 Å². The van der Waals surface area contributed by atoms with Crippen molar-refractivity contribution in [2.24, 2.45) is 0 Å². The summed E-state index contributed by atoms with van der Waals surface area (Å²) in [6.45, 7) is 7.81. The normalized spacial score (nSPS) is 11.2. The fourth-order valence-corrected chi connectivity index (χ4v) is 2.88. The number of aryl methyl sites for hydroxylation is 1. The molecule has 0 aromatic carbocycles. The molecule has 2 aromatic heterocycles. The number of esters is 1. The zero-order valence-electron chi connectivity index (χ0n) is 13.6. The molecule has 23 heavy (non-hydrogen) atoms. The van der Waals surface area contributed by atoms with Crippen LogP contribution in [0.3, 0.4) is 0 Å². The van der Waals surface area contributed by atoms with Crippen LogP contribution in [-0.4, -0.2) is 24.3 Å². The largest absolute Gasteiger partial charge is 0.465 e. The summed E-state index contributed by atoms with van der Waals surface area (Å²) in [4.78, 5) is 25.3. The van der Waals surface area contributed by atoms with Crippen molar-refractivity contribution < 1.29 is 18.8 Å². The standard InChI is InChI=1S/C15H19N3O4S/c1-8-6-11(18-22-8)17-14(20)16-9-7-10(15(2,3)4)23-12(9)13(19)21-5/h6-7H,1-5H3,(H2,16,17,18,20). The lowest BCUT2D eigenvalue weighted by molar-refractivity contribution is 0.0607. The molecule has 0 aliphatic carbocycles. The fraction of sp³-hybridized carbons (Fsp3) is 0.400. The number of carbonyl (C=O) groups is 2. The second-order valence-corrected chi connectivity index (χ2v) is 7.05. The van der Waals surface area contributed by atoms with Gasteiger partial charge in [0.1, 0.15) is 10.6 Å². The summed E-state index contributed by atoms with van der Waals surface area (Å²) in [7, 11) is 1.31. The molecule has 0 spiro atoms. The van der Waals surface area contributed by atoms with Crippen molar-refractivity contribution in [3.8, 4) is 0 Å². The molecule has 2 heterocycles. The lowest BCUT2D eigenvalue weighted by Crippen LogP contribution is -2.20. The Morgan fingerprint density at radius 3 is 2.48 bits per heavy atom. The van der Waals surface area contributed by atoms with E-state index in [4.69, 9.17) is 9.26 Å². The van der Waals surface area contributed by atoms with E-state index in [1.165, 1.54) is 18.4 Å². The SMILES string of the molecule is COC(=O)c1sc(C(C)(C)C)cc1NC(=O)Nc1cc(C)on1. The molecule has 0 aliphatic heterocycles. The van der Waals surface area contributed by atoms with Crippen molar-refractivity contribution in [3.63, 3.8) is 0 Å². The molecule has 0 atom stereocenters. The topological polar surface area (TPSA) is 93.5 Å². The number of amides is 2. The lowest BCUT2D eigenvalue weighted by Gasteiger charge is -2.15. The molecule has 7 nitrogen and oxygen atoms in total. The third kappa shape index (κ3) is 4.10. The monoisotopic (exact) mass is 337 g/mol. The van der Waals surface area contributed by atoms with Gasteiger partial charge in [0.15, 0.2) is 5.82 Å². The van der Waals surface area contributed by atoms with Crippen LogP contribution >= 0.6 is 11.3 Å². The molecule has 0 aliphatic rings. The Hall–Kier alpha value is -2.35. The highest BCUT2D eigenvalue weighted by molar-refractivity contribution is 7.14. The summed E-state index contributed by atoms with van der Waals surface area (Å²) in [6, 6.07) is 2.86. The number of rotatable bonds is 3. The Morgan fingerprint density at radius 2 is 1.96 bits per heavy atom. The van der Waals surface area contributed by atoms with Gasteiger partial charge in [0.05, 0.1) is 12.8 Å². The summed E-state index contributed by atoms with van der Waals surface area (Å²) < 4.78 is 9.66. The van der Waals surface area contributed by atoms with Crippen molar-refractivity contribution in [3.05, 3.63) is 27.6 Å². The maximum Gasteiger partial charge on any atom is 0.350 e. The van der Waals surface area contributed by atoms with E-state index in [-0.39, 0.29) is 5.41 Å². The molecule has 2 rings (SSSR count). The fourth-order valence-electron chi connectivity index (χ4n) is 1.79. The zero-order chi connectivity index (χ0) is 17.2. The number of nitrogens with zero attached hydrogens (tertiary/aromatic N) is 1. The molecule has 0 bridgehead atoms. The van der Waals surface area contributed by atoms with Crippen LogP contribution in [-0.2, 0) is 10.2 Å². The van der Waals surface area contributed by atoms with Crippen LogP contribution in [0.2, 0.25) is 0 Å². The third-order valence-corrected chi connectivity index (χ3v) is 4.50. The van der Waals surface area contributed by atoms with Crippen LogP contribution in [0.5, 0.6) is 0 Å². The molecule has 0 saturated carbocycles. The lowest BCUT2D eigenvalue weighted by atomic mass is 9.94. The molecular weight excluding hydrogens is 318 g/mol. The first-order chi connectivity index (χ1) is 10.7. The Morgan fingerprint density at radius 1 is 1.26 bits per heavy atom. The number of hydrogen-bond acceptors (Lipinski definition) is 6. The second-order valence-electron chi connectivity index (χ2n) is 6.00. The molecule has 2 aromatic rings. The molecule has 0 radical (unpaired) electrons. The second kappa shape index (κ2) is 6.41. The van der Waals surface area contributed by atoms with E-state index in [1.807, 2.05) is 20.8 Å². The highest BCUT2D eigenvalue weighted by Gasteiger charge is 2.24. The zero-order valence-corrected chi connectivity index (χ0v) is 14.5. The van der Waals surface area contributed by atoms with Gasteiger partial charge in [-0.25, -0.2) is 9.59 Å². The minimum atomic E-state index is -0.512. The van der Waals surface area contributed by atoms with Gasteiger partial charge < -0.3 is 14.6 Å². The van der Waals surface area contributed by atoms with Crippen molar-refractivity contribution in [2.45, 2.75) is 33.1 Å². The van der Waals surface area contributed by atoms with Gasteiger partial charge in [-0.05, 0) is 18.4 Å². The number of ether oxygens (including phenoxy) is 1. The molecule has 2 amide bonds. The number of anilines is 2. The van der Waals surface area contributed by atoms with E-state index in [2.05, 4.69) is 15.8 Å². The number of hydrogen-bond donors (Lipinski definition) is 2. The van der Waals surface area contributed by atoms with Crippen LogP contribution in [0.1, 0.15) is 41.1 Å². The van der Waals surface area contributed by atoms with E-state index < -0.39 is 12.0 Å². The van der Waals surface area contributed by atoms with E-state index in [1.54, 1.807) is 19.1 Å². The highest BCUT2D eigenvalue weighted by atomic mass is 32.1. The maximum atomic E-state index is 12.1. The van der Waals surface area contributed by atoms with Crippen LogP contribution in [0.25, 0.3) is 0 Å². The first kappa shape index (κ1) is 17.0. The average Bonchev–Trinajstić information content (AvgIpc) is 3.04. The van der Waals surface area contributed by atoms with Crippen molar-refractivity contribution >= 4 is 34.8 Å². The minimum absolute atomic E-state index is 0.146. The molecule has 0 unspecified atom stereocenters. The maximum absolute atomic E-state index is 12.1. The summed E-state index contributed by atoms with van der Waals surface area (Å²) in [5.74, 6) is 0.394. The number of nitrogens with one attached hydrogen (secondary N) is 2. The molecule has 8 heteroatoms. The van der Waals surface area contributed by atoms with Gasteiger partial charge >= 0.3 is 12.0 Å². The van der Waals surface area contributed by atoms with Gasteiger partial charge in [0, 0.05) is 10.9 Å². The van der Waals surface area contributed by atoms with Gasteiger partial charge in [-0.1, -0.05) is 25.9 Å². The number of carbonyl (C=O) groups excluding carboxylic acids is 2. The molecule has 124 valence electrons. The van der Waals surface area contributed by atoms with Gasteiger partial charge in [-0.15, -0.1) is 11.3 Å². The van der Waals surface area contributed by atoms with Gasteiger partial charge in [0.2, 0.25) is 0 Å². The number of thiophene rings is 1. The quantitative estimate of drug-likeness (QED) is 0.832. The van der Waals surface area contributed by atoms with Gasteiger partial charge in [-0.3, -0.25) is 5.32 Å². The molecule has 2 N–H and O–H groups in total. The Kier molecular flexibility index (Phi) is 4.74. The number of aromatic nitrogens is 1. The van der Waals surface area contributed by atoms with Gasteiger partial charge in [-0.2, -0.15) is 0 Å². The molecule has 0 saturated heterocycles. The van der Waals surface area contributed by atoms with E-state index in [0.717, 1.165) is 4.88 Å². The van der Waals surface area contributed by atoms with Gasteiger partial charge in [0.25, 0.3) is 0 Å². The summed E-state index contributed by atoms with van der Waals surface area (Å²) in [6.07, 6.45) is 0. The van der Waals surface area contributed by atoms with Crippen molar-refractivity contribution in [1.82, 2.24) is 5.16 Å². The molecular formula is C15H19N3O4S. The van der Waals surface area contributed by atoms with Crippen molar-refractivity contribution in [2.75, 3.05) is 17.7 Å². The first-order valence-electron chi connectivity index (χ1n) is 6.94. The summed E-state index contributed by atoms with van der Waals surface area (Å²) in [5.41, 5.74) is 0.261. The smallest absolute Gasteiger partial charge is 0.350 e. The minimum Gasteiger partial charge on any atom is -0.465 e. The van der Waals surface area contributed by atoms with E-state index in [0.29, 0.717) is 22.1 Å². The van der Waals surface area contributed by atoms with Crippen LogP contribution < -0.4 is 10.6 Å². The van der Waals surface area contributed by atoms with Crippen molar-refractivity contribution in [1.29, 1.82) is 0 Å². The predicted molar refractivity (Wildman–Crippen MR) is 88.2 cm³/mol. The van der Waals surface area contributed by atoms with E-state index >= 15 is 0 Å². The Labute approximate surface area is 138 Å². The first-order valence-corrected chi connectivity index (χ1v) is 7.76. The number of urea groups is 1. The Balaban J connectivity index is 2.21. The average molecular weight is 337 g/mol. The summed E-state index contributed by atoms with van der Waals surface area (Å²) in [5, 5.41) is 8.87. The predicted octanol–water partition coefficient (Wildman–Crippen LogP) is 3.77. The van der Waals surface area contributed by atoms with Crippen LogP contribution in [0.15, 0.2) is 16.7 Å².